The second kappa shape index (κ2) is 4.20. The molecule has 3 nitrogen and oxygen atoms in total. The fourth-order valence-corrected chi connectivity index (χ4v) is 3.61. The third kappa shape index (κ3) is 1.80. The molecule has 0 amide bonds. The van der Waals surface area contributed by atoms with Crippen LogP contribution in [-0.2, 0) is 6.42 Å². The number of hydrogen-bond donors (Lipinski definition) is 1. The van der Waals surface area contributed by atoms with Crippen LogP contribution < -0.4 is 5.73 Å². The van der Waals surface area contributed by atoms with Gasteiger partial charge in [-0.15, -0.1) is 6.58 Å². The van der Waals surface area contributed by atoms with E-state index < -0.39 is 0 Å². The zero-order valence-electron chi connectivity index (χ0n) is 11.6. The van der Waals surface area contributed by atoms with E-state index in [1.807, 2.05) is 6.08 Å². The zero-order valence-corrected chi connectivity index (χ0v) is 11.6. The molecule has 1 aromatic carbocycles. The number of hydrogen-bond acceptors (Lipinski definition) is 3. The average Bonchev–Trinajstić information content (AvgIpc) is 2.84. The van der Waals surface area contributed by atoms with Crippen LogP contribution in [0.3, 0.4) is 0 Å². The van der Waals surface area contributed by atoms with E-state index in [9.17, 15) is 0 Å². The average molecular weight is 255 g/mol. The summed E-state index contributed by atoms with van der Waals surface area (Å²) in [6.07, 6.45) is 3.01. The van der Waals surface area contributed by atoms with Crippen molar-refractivity contribution in [1.29, 1.82) is 0 Å². The summed E-state index contributed by atoms with van der Waals surface area (Å²) in [4.78, 5) is 6.77. The molecule has 2 N–H and O–H groups in total. The van der Waals surface area contributed by atoms with Crippen LogP contribution in [0.4, 0.5) is 0 Å². The molecule has 3 rings (SSSR count). The molecule has 0 aromatic heterocycles. The van der Waals surface area contributed by atoms with Crippen molar-refractivity contribution in [3.63, 3.8) is 0 Å². The maximum atomic E-state index is 5.99. The molecule has 2 aliphatic rings. The fraction of sp³-hybridized carbons (Fsp3) is 0.438. The molecule has 0 radical (unpaired) electrons. The van der Waals surface area contributed by atoms with Gasteiger partial charge >= 0.3 is 0 Å². The Labute approximate surface area is 114 Å². The Bertz CT molecular complexity index is 545. The Morgan fingerprint density at radius 2 is 2.16 bits per heavy atom. The van der Waals surface area contributed by atoms with Gasteiger partial charge in [-0.3, -0.25) is 9.89 Å². The second-order valence-electron chi connectivity index (χ2n) is 6.19. The maximum Gasteiger partial charge on any atom is 0.117 e. The highest BCUT2D eigenvalue weighted by Gasteiger charge is 2.45. The Morgan fingerprint density at radius 1 is 1.42 bits per heavy atom. The Hall–Kier alpha value is -1.61. The van der Waals surface area contributed by atoms with E-state index in [-0.39, 0.29) is 11.5 Å². The lowest BCUT2D eigenvalue weighted by atomic mass is 9.84. The van der Waals surface area contributed by atoms with Gasteiger partial charge < -0.3 is 5.73 Å². The van der Waals surface area contributed by atoms with Crippen molar-refractivity contribution in [2.24, 2.45) is 16.1 Å². The lowest BCUT2D eigenvalue weighted by Gasteiger charge is -2.37. The van der Waals surface area contributed by atoms with Crippen molar-refractivity contribution in [3.8, 4) is 0 Å². The van der Waals surface area contributed by atoms with E-state index in [1.54, 1.807) is 0 Å². The highest BCUT2D eigenvalue weighted by Crippen LogP contribution is 2.49. The van der Waals surface area contributed by atoms with Gasteiger partial charge in [-0.25, -0.2) is 0 Å². The number of rotatable bonds is 2. The van der Waals surface area contributed by atoms with Gasteiger partial charge in [0.05, 0.1) is 12.7 Å². The molecule has 19 heavy (non-hydrogen) atoms. The molecule has 100 valence electrons. The first-order valence-corrected chi connectivity index (χ1v) is 6.80. The van der Waals surface area contributed by atoms with Crippen LogP contribution >= 0.6 is 0 Å². The number of amidine groups is 1. The van der Waals surface area contributed by atoms with E-state index in [0.717, 1.165) is 6.42 Å². The lowest BCUT2D eigenvalue weighted by molar-refractivity contribution is 0.110. The summed E-state index contributed by atoms with van der Waals surface area (Å²) >= 11 is 0. The molecule has 2 unspecified atom stereocenters. The predicted octanol–water partition coefficient (Wildman–Crippen LogP) is 2.49. The van der Waals surface area contributed by atoms with E-state index in [2.05, 4.69) is 54.6 Å². The van der Waals surface area contributed by atoms with Crippen LogP contribution in [0, 0.1) is 5.41 Å². The zero-order chi connectivity index (χ0) is 13.6. The summed E-state index contributed by atoms with van der Waals surface area (Å²) in [6.45, 7) is 9.24. The molecule has 0 saturated carbocycles. The van der Waals surface area contributed by atoms with E-state index >= 15 is 0 Å². The first-order chi connectivity index (χ1) is 9.04. The molecule has 0 saturated heterocycles. The number of fused-ring (bicyclic) bond motifs is 1. The second-order valence-corrected chi connectivity index (χ2v) is 6.19. The minimum atomic E-state index is 0.0652. The molecule has 2 atom stereocenters. The van der Waals surface area contributed by atoms with Crippen molar-refractivity contribution >= 4 is 5.84 Å². The first kappa shape index (κ1) is 12.4. The van der Waals surface area contributed by atoms with Gasteiger partial charge in [0.1, 0.15) is 5.84 Å². The molecular weight excluding hydrogens is 234 g/mol. The fourth-order valence-electron chi connectivity index (χ4n) is 3.61. The van der Waals surface area contributed by atoms with E-state index in [1.165, 1.54) is 11.1 Å². The normalized spacial score (nSPS) is 29.1. The highest BCUT2D eigenvalue weighted by atomic mass is 15.3. The monoisotopic (exact) mass is 255 g/mol. The molecule has 3 heteroatoms. The van der Waals surface area contributed by atoms with Crippen molar-refractivity contribution in [3.05, 3.63) is 48.0 Å². The molecule has 1 aliphatic heterocycles. The van der Waals surface area contributed by atoms with Crippen molar-refractivity contribution in [2.45, 2.75) is 32.4 Å². The van der Waals surface area contributed by atoms with Crippen LogP contribution in [0.2, 0.25) is 0 Å². The lowest BCUT2D eigenvalue weighted by Crippen LogP contribution is -2.43. The molecule has 0 fully saturated rings. The van der Waals surface area contributed by atoms with E-state index in [4.69, 9.17) is 5.73 Å². The highest BCUT2D eigenvalue weighted by molar-refractivity contribution is 5.89. The standard InChI is InChI=1S/C16H21N3/c1-4-13-15(17)18-10-19(13)14-12-8-6-5-7-11(12)9-16(14,2)3/h4-8,13-14H,1,9-10H2,2-3H3,(H2,17,18). The molecule has 1 aromatic rings. The number of nitrogens with two attached hydrogens (primary N) is 1. The molecule has 0 spiro atoms. The third-order valence-electron chi connectivity index (χ3n) is 4.37. The molecule has 1 heterocycles. The van der Waals surface area contributed by atoms with Crippen LogP contribution in [-0.4, -0.2) is 23.4 Å². The summed E-state index contributed by atoms with van der Waals surface area (Å²) < 4.78 is 0. The summed E-state index contributed by atoms with van der Waals surface area (Å²) in [5.41, 5.74) is 9.06. The molecular formula is C16H21N3. The third-order valence-corrected chi connectivity index (χ3v) is 4.37. The minimum Gasteiger partial charge on any atom is -0.386 e. The van der Waals surface area contributed by atoms with Crippen molar-refractivity contribution in [2.75, 3.05) is 6.67 Å². The largest absolute Gasteiger partial charge is 0.386 e. The maximum absolute atomic E-state index is 5.99. The van der Waals surface area contributed by atoms with Gasteiger partial charge in [-0.05, 0) is 23.0 Å². The topological polar surface area (TPSA) is 41.6 Å². The quantitative estimate of drug-likeness (QED) is 0.825. The van der Waals surface area contributed by atoms with Crippen molar-refractivity contribution in [1.82, 2.24) is 4.90 Å². The van der Waals surface area contributed by atoms with Gasteiger partial charge in [-0.1, -0.05) is 44.2 Å². The van der Waals surface area contributed by atoms with Gasteiger partial charge in [0, 0.05) is 6.04 Å². The summed E-state index contributed by atoms with van der Waals surface area (Å²) in [5, 5.41) is 0. The number of nitrogens with zero attached hydrogens (tertiary/aromatic N) is 2. The predicted molar refractivity (Wildman–Crippen MR) is 79.0 cm³/mol. The first-order valence-electron chi connectivity index (χ1n) is 6.80. The summed E-state index contributed by atoms with van der Waals surface area (Å²) in [5.74, 6) is 0.690. The van der Waals surface area contributed by atoms with Gasteiger partial charge in [0.15, 0.2) is 0 Å². The summed E-state index contributed by atoms with van der Waals surface area (Å²) in [7, 11) is 0. The molecule has 1 aliphatic carbocycles. The van der Waals surface area contributed by atoms with Gasteiger partial charge in [0.25, 0.3) is 0 Å². The Morgan fingerprint density at radius 3 is 2.89 bits per heavy atom. The molecule has 0 bridgehead atoms. The SMILES string of the molecule is C=CC1C(N)=NCN1C1c2ccccc2CC1(C)C. The Kier molecular flexibility index (Phi) is 2.75. The minimum absolute atomic E-state index is 0.0652. The van der Waals surface area contributed by atoms with Crippen LogP contribution in [0.15, 0.2) is 41.9 Å². The van der Waals surface area contributed by atoms with Crippen molar-refractivity contribution < 1.29 is 0 Å². The van der Waals surface area contributed by atoms with Gasteiger partial charge in [0.2, 0.25) is 0 Å². The smallest absolute Gasteiger partial charge is 0.117 e. The van der Waals surface area contributed by atoms with Gasteiger partial charge in [-0.2, -0.15) is 0 Å². The van der Waals surface area contributed by atoms with Crippen LogP contribution in [0.25, 0.3) is 0 Å². The van der Waals surface area contributed by atoms with Crippen LogP contribution in [0.1, 0.15) is 31.0 Å². The van der Waals surface area contributed by atoms with Crippen LogP contribution in [0.5, 0.6) is 0 Å². The number of benzene rings is 1. The Balaban J connectivity index is 2.02. The number of aliphatic imine (C=N–C) groups is 1. The van der Waals surface area contributed by atoms with E-state index in [0.29, 0.717) is 18.5 Å². The summed E-state index contributed by atoms with van der Waals surface area (Å²) in [6, 6.07) is 9.14.